The van der Waals surface area contributed by atoms with Gasteiger partial charge in [-0.3, -0.25) is 0 Å². The Morgan fingerprint density at radius 1 is 0.219 bits per heavy atom. The van der Waals surface area contributed by atoms with Crippen LogP contribution in [-0.2, 0) is 10.8 Å². The Hall–Kier alpha value is -13.9. The summed E-state index contributed by atoms with van der Waals surface area (Å²) in [5.41, 5.74) is 11.3. The van der Waals surface area contributed by atoms with Gasteiger partial charge >= 0.3 is 0 Å². The molecule has 544 valence electrons. The zero-order valence-electron chi connectivity index (χ0n) is 91.7. The summed E-state index contributed by atoms with van der Waals surface area (Å²) in [6, 6.07) is 45.8. The highest BCUT2D eigenvalue weighted by molar-refractivity contribution is 6.30. The van der Waals surface area contributed by atoms with E-state index in [1.165, 1.54) is 5.56 Å². The average Bonchev–Trinajstić information content (AvgIpc) is 1.41. The van der Waals surface area contributed by atoms with Gasteiger partial charge in [0.05, 0.1) is 39.8 Å². The molecule has 0 amide bonds. The summed E-state index contributed by atoms with van der Waals surface area (Å²) >= 11 is 0. The largest absolute Gasteiger partial charge is 0.456 e. The minimum atomic E-state index is -0.710. The van der Waals surface area contributed by atoms with Crippen LogP contribution in [-0.4, -0.2) is 0 Å². The van der Waals surface area contributed by atoms with Crippen LogP contribution in [0.4, 0.5) is 0 Å². The van der Waals surface area contributed by atoms with Crippen molar-refractivity contribution in [2.45, 2.75) is 59.3 Å². The molecule has 0 aliphatic carbocycles. The van der Waals surface area contributed by atoms with Crippen molar-refractivity contribution in [3.63, 3.8) is 0 Å². The number of rotatable bonds is 7. The van der Waals surface area contributed by atoms with E-state index >= 15 is 0 Å². The second kappa shape index (κ2) is 27.9. The summed E-state index contributed by atoms with van der Waals surface area (Å²) < 4.78 is 276. The fourth-order valence-electron chi connectivity index (χ4n) is 16.4. The van der Waals surface area contributed by atoms with Crippen LogP contribution >= 0.6 is 0 Å². The molecule has 0 bridgehead atoms. The van der Waals surface area contributed by atoms with Gasteiger partial charge in [0.25, 0.3) is 0 Å². The maximum absolute atomic E-state index is 9.31. The van der Waals surface area contributed by atoms with Gasteiger partial charge in [0.1, 0.15) is 33.5 Å². The van der Waals surface area contributed by atoms with Gasteiger partial charge in [-0.25, -0.2) is 0 Å². The lowest BCUT2D eigenvalue weighted by atomic mass is 9.84. The van der Waals surface area contributed by atoms with Crippen molar-refractivity contribution < 1.29 is 53.0 Å². The van der Waals surface area contributed by atoms with E-state index < -0.39 is 132 Å². The molecule has 3 heterocycles. The second-order valence-corrected chi connectivity index (χ2v) is 30.2. The average molecular weight is 1490 g/mol. The SMILES string of the molecule is [2H]c1c([2H])c([2H])c(-c2c3c([2H])c([2H])c([2H])c([2H])c3c(-c3cccc4oc5c(C)cccc5c34)c3c([2H])c([2H])c([2H])c([2H])c23)c([2H])c1[2H].[2H]c1c([2H])c([2H])c2c(-c3cccc4oc5c(-c6ccc(C(C)(C)C)cc6)cccc5c34)c3c([2H])c([2H])c([2H])c([2H])c3c(-c3ccccc3)c2c1[2H].[2H]c1c([2H])c([2H])c2c(-c3cccc4oc5c(C(C)(C)C)cccc5c34)c3c([2H])c([2H])c([2H])c([2H])c3c(-c3ccccc3)c2c1[2H]. The molecule has 0 aliphatic rings. The van der Waals surface area contributed by atoms with Crippen LogP contribution in [0.5, 0.6) is 0 Å². The minimum Gasteiger partial charge on any atom is -0.456 e. The molecule has 3 heteroatoms. The lowest BCUT2D eigenvalue weighted by Gasteiger charge is -2.19. The summed E-state index contributed by atoms with van der Waals surface area (Å²) in [4.78, 5) is 0. The predicted octanol–water partition coefficient (Wildman–Crippen LogP) is 32.2. The molecule has 3 aromatic heterocycles. The summed E-state index contributed by atoms with van der Waals surface area (Å²) in [6.45, 7) is 14.7. The third kappa shape index (κ3) is 11.6. The monoisotopic (exact) mass is 1490 g/mol. The molecular formula is C111H82O3. The predicted molar refractivity (Wildman–Crippen MR) is 486 cm³/mol. The molecule has 22 rings (SSSR count). The van der Waals surface area contributed by atoms with E-state index in [1.54, 1.807) is 78.9 Å². The highest BCUT2D eigenvalue weighted by Gasteiger charge is 2.27. The molecule has 0 saturated carbocycles. The fourth-order valence-corrected chi connectivity index (χ4v) is 16.4. The molecule has 19 aromatic carbocycles. The minimum absolute atomic E-state index is 0.00900. The molecule has 114 heavy (non-hydrogen) atoms. The molecule has 3 nitrogen and oxygen atoms in total. The van der Waals surface area contributed by atoms with Crippen molar-refractivity contribution in [3.05, 3.63) is 386 Å². The zero-order chi connectivity index (χ0) is 102. The molecule has 0 saturated heterocycles. The van der Waals surface area contributed by atoms with E-state index in [1.807, 2.05) is 97.9 Å². The third-order valence-corrected chi connectivity index (χ3v) is 21.4. The lowest BCUT2D eigenvalue weighted by molar-refractivity contribution is 0.573. The third-order valence-electron chi connectivity index (χ3n) is 21.4. The quantitative estimate of drug-likeness (QED) is 0.149. The molecule has 0 fully saturated rings. The second-order valence-electron chi connectivity index (χ2n) is 30.2. The Balaban J connectivity index is 0.000000131. The van der Waals surface area contributed by atoms with E-state index in [-0.39, 0.29) is 135 Å². The Labute approximate surface area is 704 Å². The summed E-state index contributed by atoms with van der Waals surface area (Å²) in [6.07, 6.45) is 0. The topological polar surface area (TPSA) is 39.4 Å². The Kier molecular flexibility index (Phi) is 11.0. The first-order valence-corrected chi connectivity index (χ1v) is 37.3. The van der Waals surface area contributed by atoms with Crippen LogP contribution in [0.2, 0.25) is 0 Å². The van der Waals surface area contributed by atoms with Crippen molar-refractivity contribution >= 4 is 130 Å². The molecule has 0 atom stereocenters. The molecular weight excluding hydrogens is 1380 g/mol. The van der Waals surface area contributed by atoms with E-state index in [0.717, 1.165) is 33.0 Å². The number of aryl methyl sites for hydroxylation is 1. The Morgan fingerprint density at radius 3 is 0.912 bits per heavy atom. The van der Waals surface area contributed by atoms with E-state index in [0.29, 0.717) is 105 Å². The molecule has 0 spiro atoms. The van der Waals surface area contributed by atoms with E-state index in [4.69, 9.17) is 44.8 Å². The molecule has 0 aliphatic heterocycles. The van der Waals surface area contributed by atoms with Crippen molar-refractivity contribution in [1.82, 2.24) is 0 Å². The summed E-state index contributed by atoms with van der Waals surface area (Å²) in [5.74, 6) is 0. The van der Waals surface area contributed by atoms with Gasteiger partial charge in [-0.1, -0.05) is 393 Å². The Morgan fingerprint density at radius 2 is 0.526 bits per heavy atom. The fraction of sp³-hybridized carbons (Fsp3) is 0.0811. The normalized spacial score (nSPS) is 15.6. The van der Waals surface area contributed by atoms with Crippen molar-refractivity contribution in [1.29, 1.82) is 0 Å². The number of hydrogen-bond acceptors (Lipinski definition) is 3. The molecule has 0 unspecified atom stereocenters. The van der Waals surface area contributed by atoms with Crippen molar-refractivity contribution in [2.75, 3.05) is 0 Å². The lowest BCUT2D eigenvalue weighted by Crippen LogP contribution is -2.10. The maximum atomic E-state index is 9.31. The van der Waals surface area contributed by atoms with Crippen LogP contribution in [0.3, 0.4) is 0 Å². The standard InChI is InChI=1S/C42H32O.C36H28O.C33H22O/c1-42(2,3)29-25-23-27(24-26-29)30-19-11-21-36-40-35(20-12-22-37(40)43-41(30)36)39-33-17-9-7-15-31(33)38(28-13-5-4-6-14-28)32-16-8-10-18-34(32)39;1-36(2,3)30-21-11-20-29-34-28(19-12-22-31(34)37-35(29)30)33-26-17-9-7-15-24(26)32(23-13-5-4-6-14-23)25-16-8-10-18-27(25)33;1-21-11-9-19-28-32-27(18-10-20-29(32)34-33(21)28)31-25-16-7-5-14-23(25)30(22-12-3-2-4-13-22)24-15-6-8-17-26(24)31/h4-26H,1-3H3;4-22H,1-3H3;2-20H,1H3/i2*7D,8D,9D,10D,15D,16D,17D,18D;2D,3D,4D,5D,6D,7D,8D,12D,13D,14D,15D,16D,17D. The maximum Gasteiger partial charge on any atom is 0.143 e. The van der Waals surface area contributed by atoms with Gasteiger partial charge in [-0.05, 0) is 184 Å². The zero-order valence-corrected chi connectivity index (χ0v) is 62.7. The van der Waals surface area contributed by atoms with Crippen LogP contribution in [0.15, 0.2) is 383 Å². The summed E-state index contributed by atoms with van der Waals surface area (Å²) in [7, 11) is 0. The highest BCUT2D eigenvalue weighted by Crippen LogP contribution is 2.52. The highest BCUT2D eigenvalue weighted by atomic mass is 16.3. The first kappa shape index (κ1) is 44.8. The number of para-hydroxylation sites is 3. The first-order chi connectivity index (χ1) is 67.8. The van der Waals surface area contributed by atoms with Crippen LogP contribution in [0.1, 0.15) is 98.0 Å². The van der Waals surface area contributed by atoms with Gasteiger partial charge in [0, 0.05) is 43.4 Å². The smallest absolute Gasteiger partial charge is 0.143 e. The number of benzene rings is 19. The van der Waals surface area contributed by atoms with Gasteiger partial charge in [-0.15, -0.1) is 0 Å². The molecule has 0 N–H and O–H groups in total. The van der Waals surface area contributed by atoms with Gasteiger partial charge in [0.15, 0.2) is 0 Å². The number of fused-ring (bicyclic) bond motifs is 15. The van der Waals surface area contributed by atoms with Crippen molar-refractivity contribution in [3.8, 4) is 77.9 Å². The van der Waals surface area contributed by atoms with Crippen LogP contribution < -0.4 is 0 Å². The summed E-state index contributed by atoms with van der Waals surface area (Å²) in [5, 5.41) is 4.89. The van der Waals surface area contributed by atoms with Gasteiger partial charge in [-0.2, -0.15) is 0 Å². The van der Waals surface area contributed by atoms with Crippen LogP contribution in [0, 0.1) is 6.92 Å². The number of hydrogen-bond donors (Lipinski definition) is 0. The van der Waals surface area contributed by atoms with Crippen molar-refractivity contribution in [2.24, 2.45) is 0 Å². The first-order valence-electron chi connectivity index (χ1n) is 51.8. The molecule has 0 radical (unpaired) electrons. The van der Waals surface area contributed by atoms with Gasteiger partial charge in [0.2, 0.25) is 0 Å². The number of furan rings is 3. The van der Waals surface area contributed by atoms with Crippen LogP contribution in [0.25, 0.3) is 208 Å². The van der Waals surface area contributed by atoms with E-state index in [9.17, 15) is 8.22 Å². The Bertz CT molecular complexity index is 9130. The van der Waals surface area contributed by atoms with E-state index in [2.05, 4.69) is 65.8 Å². The molecule has 22 aromatic rings. The van der Waals surface area contributed by atoms with Gasteiger partial charge < -0.3 is 13.3 Å².